The Bertz CT molecular complexity index is 1580. The number of nitrogens with zero attached hydrogens (tertiary/aromatic N) is 4. The van der Waals surface area contributed by atoms with Crippen LogP contribution in [-0.4, -0.2) is 66.4 Å². The van der Waals surface area contributed by atoms with Gasteiger partial charge in [-0.1, -0.05) is 30.3 Å². The van der Waals surface area contributed by atoms with E-state index in [0.29, 0.717) is 43.5 Å². The van der Waals surface area contributed by atoms with Crippen molar-refractivity contribution in [3.05, 3.63) is 95.2 Å². The average Bonchev–Trinajstić information content (AvgIpc) is 3.33. The molecule has 0 saturated heterocycles. The number of hydrogen-bond acceptors (Lipinski definition) is 5. The molecule has 1 amide bonds. The molecule has 2 aliphatic rings. The van der Waals surface area contributed by atoms with Gasteiger partial charge in [0.25, 0.3) is 5.91 Å². The van der Waals surface area contributed by atoms with Crippen LogP contribution in [0.3, 0.4) is 0 Å². The Morgan fingerprint density at radius 2 is 1.68 bits per heavy atom. The van der Waals surface area contributed by atoms with Crippen molar-refractivity contribution < 1.29 is 14.3 Å². The molecule has 0 spiro atoms. The molecule has 4 aromatic rings. The first-order chi connectivity index (χ1) is 20.0. The zero-order valence-electron chi connectivity index (χ0n) is 22.9. The highest BCUT2D eigenvalue weighted by atomic mass is 35.5. The lowest BCUT2D eigenvalue weighted by atomic mass is 9.96. The second-order valence-corrected chi connectivity index (χ2v) is 11.1. The number of fused-ring (bicyclic) bond motifs is 6. The molecule has 1 unspecified atom stereocenters. The summed E-state index contributed by atoms with van der Waals surface area (Å²) in [5.74, 6) is 0.668. The standard InChI is InChI=1S/C32H32Cl2N4O3/c1-35-27-8-4-3-7-26(27)31(39)38-17-14-25-24-6-2-5-9-28(24)37(29(25)30(35)38)20-21-41-32(40)22-10-12-23(13-11-22)36(18-15-33)19-16-34/h2-13,30H,14-21H2,1H3. The van der Waals surface area contributed by atoms with Gasteiger partial charge >= 0.3 is 5.97 Å². The number of carbonyl (C=O) groups excluding carboxylic acids is 2. The van der Waals surface area contributed by atoms with Crippen LogP contribution in [0.2, 0.25) is 0 Å². The van der Waals surface area contributed by atoms with E-state index in [9.17, 15) is 9.59 Å². The molecule has 41 heavy (non-hydrogen) atoms. The third kappa shape index (κ3) is 4.91. The summed E-state index contributed by atoms with van der Waals surface area (Å²) in [4.78, 5) is 32.7. The topological polar surface area (TPSA) is 58.0 Å². The molecule has 0 saturated carbocycles. The predicted octanol–water partition coefficient (Wildman–Crippen LogP) is 5.93. The van der Waals surface area contributed by atoms with Crippen LogP contribution >= 0.6 is 23.2 Å². The van der Waals surface area contributed by atoms with Crippen molar-refractivity contribution in [1.29, 1.82) is 0 Å². The number of carbonyl (C=O) groups is 2. The maximum absolute atomic E-state index is 13.5. The highest BCUT2D eigenvalue weighted by molar-refractivity contribution is 6.18. The van der Waals surface area contributed by atoms with Crippen molar-refractivity contribution in [3.63, 3.8) is 0 Å². The van der Waals surface area contributed by atoms with E-state index in [1.807, 2.05) is 54.4 Å². The van der Waals surface area contributed by atoms with E-state index in [-0.39, 0.29) is 24.6 Å². The number of halogens is 2. The highest BCUT2D eigenvalue weighted by Crippen LogP contribution is 2.44. The number of ether oxygens (including phenoxy) is 1. The molecular formula is C32H32Cl2N4O3. The van der Waals surface area contributed by atoms with Crippen LogP contribution in [0.4, 0.5) is 11.4 Å². The van der Waals surface area contributed by atoms with Crippen molar-refractivity contribution in [2.45, 2.75) is 19.1 Å². The van der Waals surface area contributed by atoms with Gasteiger partial charge in [-0.25, -0.2) is 4.79 Å². The van der Waals surface area contributed by atoms with E-state index >= 15 is 0 Å². The fourth-order valence-corrected chi connectivity index (χ4v) is 6.65. The number of para-hydroxylation sites is 2. The fraction of sp³-hybridized carbons (Fsp3) is 0.312. The summed E-state index contributed by atoms with van der Waals surface area (Å²) in [6.45, 7) is 2.70. The summed E-state index contributed by atoms with van der Waals surface area (Å²) >= 11 is 11.9. The Morgan fingerprint density at radius 3 is 2.44 bits per heavy atom. The van der Waals surface area contributed by atoms with E-state index in [4.69, 9.17) is 27.9 Å². The Balaban J connectivity index is 1.25. The van der Waals surface area contributed by atoms with E-state index in [1.165, 1.54) is 10.9 Å². The molecule has 1 aromatic heterocycles. The molecule has 1 atom stereocenters. The van der Waals surface area contributed by atoms with Gasteiger partial charge < -0.3 is 24.0 Å². The number of esters is 1. The molecule has 0 bridgehead atoms. The first-order valence-electron chi connectivity index (χ1n) is 13.9. The third-order valence-corrected chi connectivity index (χ3v) is 8.47. The molecule has 6 rings (SSSR count). The molecule has 9 heteroatoms. The monoisotopic (exact) mass is 590 g/mol. The number of rotatable bonds is 9. The van der Waals surface area contributed by atoms with E-state index < -0.39 is 0 Å². The summed E-state index contributed by atoms with van der Waals surface area (Å²) in [5.41, 5.74) is 6.52. The van der Waals surface area contributed by atoms with Gasteiger partial charge in [0.1, 0.15) is 12.8 Å². The van der Waals surface area contributed by atoms with E-state index in [1.54, 1.807) is 12.1 Å². The molecule has 0 fully saturated rings. The number of aromatic nitrogens is 1. The molecular weight excluding hydrogens is 559 g/mol. The molecule has 3 aromatic carbocycles. The van der Waals surface area contributed by atoms with Crippen molar-refractivity contribution in [1.82, 2.24) is 9.47 Å². The Labute approximate surface area is 249 Å². The van der Waals surface area contributed by atoms with Crippen molar-refractivity contribution >= 4 is 57.4 Å². The van der Waals surface area contributed by atoms with Crippen LogP contribution in [0.5, 0.6) is 0 Å². The number of amides is 1. The minimum atomic E-state index is -0.372. The second-order valence-electron chi connectivity index (χ2n) is 10.3. The van der Waals surface area contributed by atoms with Crippen molar-refractivity contribution in [2.75, 3.05) is 54.8 Å². The quantitative estimate of drug-likeness (QED) is 0.179. The van der Waals surface area contributed by atoms with Crippen LogP contribution in [0.15, 0.2) is 72.8 Å². The summed E-state index contributed by atoms with van der Waals surface area (Å²) in [6.07, 6.45) is 0.540. The lowest BCUT2D eigenvalue weighted by Crippen LogP contribution is -2.51. The highest BCUT2D eigenvalue weighted by Gasteiger charge is 2.42. The zero-order chi connectivity index (χ0) is 28.5. The molecule has 0 radical (unpaired) electrons. The van der Waals surface area contributed by atoms with Crippen molar-refractivity contribution in [2.24, 2.45) is 0 Å². The van der Waals surface area contributed by atoms with Crippen LogP contribution in [-0.2, 0) is 17.7 Å². The normalized spacial score (nSPS) is 15.9. The van der Waals surface area contributed by atoms with Gasteiger partial charge in [-0.2, -0.15) is 0 Å². The van der Waals surface area contributed by atoms with Gasteiger partial charge in [0.05, 0.1) is 29.1 Å². The Kier molecular flexibility index (Phi) is 7.82. The molecule has 7 nitrogen and oxygen atoms in total. The molecule has 0 N–H and O–H groups in total. The molecule has 212 valence electrons. The van der Waals surface area contributed by atoms with Gasteiger partial charge in [-0.05, 0) is 54.4 Å². The molecule has 3 heterocycles. The minimum Gasteiger partial charge on any atom is -0.460 e. The number of anilines is 2. The Hall–Kier alpha value is -3.68. The lowest BCUT2D eigenvalue weighted by molar-refractivity contribution is 0.0489. The van der Waals surface area contributed by atoms with Crippen molar-refractivity contribution in [3.8, 4) is 0 Å². The van der Waals surface area contributed by atoms with Gasteiger partial charge in [0.15, 0.2) is 0 Å². The van der Waals surface area contributed by atoms with Crippen LogP contribution < -0.4 is 9.80 Å². The van der Waals surface area contributed by atoms with Crippen LogP contribution in [0.1, 0.15) is 38.1 Å². The summed E-state index contributed by atoms with van der Waals surface area (Å²) in [6, 6.07) is 23.4. The van der Waals surface area contributed by atoms with Gasteiger partial charge in [0, 0.05) is 55.0 Å². The van der Waals surface area contributed by atoms with Gasteiger partial charge in [-0.3, -0.25) is 4.79 Å². The first-order valence-corrected chi connectivity index (χ1v) is 15.0. The SMILES string of the molecule is CN1c2ccccc2C(=O)N2CCc3c(n(CCOC(=O)c4ccc(N(CCCl)CCCl)cc4)c4ccccc34)C21. The Morgan fingerprint density at radius 1 is 0.976 bits per heavy atom. The van der Waals surface area contributed by atoms with Gasteiger partial charge in [-0.15, -0.1) is 23.2 Å². The fourth-order valence-electron chi connectivity index (χ4n) is 6.24. The summed E-state index contributed by atoms with van der Waals surface area (Å²) in [5, 5.41) is 1.18. The molecule has 0 aliphatic carbocycles. The second kappa shape index (κ2) is 11.7. The van der Waals surface area contributed by atoms with Crippen LogP contribution in [0.25, 0.3) is 10.9 Å². The summed E-state index contributed by atoms with van der Waals surface area (Å²) in [7, 11) is 2.05. The van der Waals surface area contributed by atoms with E-state index in [2.05, 4.69) is 32.6 Å². The summed E-state index contributed by atoms with van der Waals surface area (Å²) < 4.78 is 8.00. The smallest absolute Gasteiger partial charge is 0.338 e. The maximum Gasteiger partial charge on any atom is 0.338 e. The van der Waals surface area contributed by atoms with Crippen LogP contribution in [0, 0.1) is 0 Å². The lowest BCUT2D eigenvalue weighted by Gasteiger charge is -2.46. The van der Waals surface area contributed by atoms with Gasteiger partial charge in [0.2, 0.25) is 0 Å². The number of alkyl halides is 2. The first kappa shape index (κ1) is 27.5. The minimum absolute atomic E-state index is 0.0525. The third-order valence-electron chi connectivity index (χ3n) is 8.13. The molecule has 2 aliphatic heterocycles. The number of hydrogen-bond donors (Lipinski definition) is 0. The predicted molar refractivity (Wildman–Crippen MR) is 165 cm³/mol. The van der Waals surface area contributed by atoms with E-state index in [0.717, 1.165) is 34.6 Å². The largest absolute Gasteiger partial charge is 0.460 e. The maximum atomic E-state index is 13.5. The zero-order valence-corrected chi connectivity index (χ0v) is 24.4. The average molecular weight is 592 g/mol. The number of benzene rings is 3.